The summed E-state index contributed by atoms with van der Waals surface area (Å²) in [5.74, 6) is 0.519. The van der Waals surface area contributed by atoms with Crippen LogP contribution < -0.4 is 15.4 Å². The number of methoxy groups -OCH3 is 2. The van der Waals surface area contributed by atoms with E-state index in [-0.39, 0.29) is 18.9 Å². The van der Waals surface area contributed by atoms with E-state index in [2.05, 4.69) is 15.7 Å². The molecule has 0 spiro atoms. The van der Waals surface area contributed by atoms with E-state index in [4.69, 9.17) is 32.7 Å². The van der Waals surface area contributed by atoms with Crippen molar-refractivity contribution < 1.29 is 19.1 Å². The summed E-state index contributed by atoms with van der Waals surface area (Å²) < 4.78 is 12.1. The highest BCUT2D eigenvalue weighted by Gasteiger charge is 2.37. The second-order valence-electron chi connectivity index (χ2n) is 7.16. The van der Waals surface area contributed by atoms with Crippen LogP contribution in [0, 0.1) is 0 Å². The van der Waals surface area contributed by atoms with Crippen LogP contribution >= 0.6 is 23.2 Å². The Bertz CT molecular complexity index is 1180. The number of halogens is 2. The van der Waals surface area contributed by atoms with Crippen molar-refractivity contribution in [3.63, 3.8) is 0 Å². The van der Waals surface area contributed by atoms with E-state index in [1.54, 1.807) is 32.4 Å². The molecule has 2 N–H and O–H groups in total. The fourth-order valence-corrected chi connectivity index (χ4v) is 3.92. The van der Waals surface area contributed by atoms with Crippen LogP contribution in [0.15, 0.2) is 42.5 Å². The van der Waals surface area contributed by atoms with E-state index in [0.717, 1.165) is 11.1 Å². The first-order valence-corrected chi connectivity index (χ1v) is 10.5. The zero-order chi connectivity index (χ0) is 22.8. The monoisotopic (exact) mass is 474 g/mol. The third-order valence-electron chi connectivity index (χ3n) is 5.06. The molecule has 166 valence electrons. The molecule has 3 aromatic rings. The highest BCUT2D eigenvalue weighted by molar-refractivity contribution is 6.35. The van der Waals surface area contributed by atoms with E-state index in [0.29, 0.717) is 33.0 Å². The SMILES string of the molecule is COCc1nn2c(c1-c1ccc(OC)cc1)NC(=O)C2CC(=O)Nc1cc(Cl)ccc1Cl. The lowest BCUT2D eigenvalue weighted by Crippen LogP contribution is -2.24. The molecule has 0 radical (unpaired) electrons. The molecule has 10 heteroatoms. The van der Waals surface area contributed by atoms with Crippen molar-refractivity contribution in [2.24, 2.45) is 0 Å². The van der Waals surface area contributed by atoms with Crippen molar-refractivity contribution in [3.05, 3.63) is 58.2 Å². The van der Waals surface area contributed by atoms with Crippen molar-refractivity contribution in [1.82, 2.24) is 9.78 Å². The van der Waals surface area contributed by atoms with Gasteiger partial charge in [-0.2, -0.15) is 5.10 Å². The first-order valence-electron chi connectivity index (χ1n) is 9.71. The predicted molar refractivity (Wildman–Crippen MR) is 122 cm³/mol. The Hall–Kier alpha value is -3.07. The molecule has 1 unspecified atom stereocenters. The molecule has 0 aliphatic carbocycles. The van der Waals surface area contributed by atoms with Gasteiger partial charge in [-0.25, -0.2) is 4.68 Å². The molecule has 2 amide bonds. The van der Waals surface area contributed by atoms with Crippen molar-refractivity contribution in [1.29, 1.82) is 0 Å². The summed E-state index contributed by atoms with van der Waals surface area (Å²) in [7, 11) is 3.16. The fraction of sp³-hybridized carbons (Fsp3) is 0.227. The van der Waals surface area contributed by atoms with Gasteiger partial charge in [0.25, 0.3) is 5.91 Å². The number of carbonyl (C=O) groups excluding carboxylic acids is 2. The second-order valence-corrected chi connectivity index (χ2v) is 8.00. The Morgan fingerprint density at radius 1 is 1.19 bits per heavy atom. The number of amides is 2. The van der Waals surface area contributed by atoms with Gasteiger partial charge in [0.05, 0.1) is 36.5 Å². The minimum atomic E-state index is -0.814. The van der Waals surface area contributed by atoms with Crippen molar-refractivity contribution in [2.75, 3.05) is 24.9 Å². The highest BCUT2D eigenvalue weighted by atomic mass is 35.5. The summed E-state index contributed by atoms with van der Waals surface area (Å²) in [5, 5.41) is 10.9. The molecule has 0 bridgehead atoms. The van der Waals surface area contributed by atoms with E-state index in [1.165, 1.54) is 4.68 Å². The highest BCUT2D eigenvalue weighted by Crippen LogP contribution is 2.39. The van der Waals surface area contributed by atoms with Gasteiger partial charge in [-0.05, 0) is 35.9 Å². The van der Waals surface area contributed by atoms with Gasteiger partial charge in [-0.1, -0.05) is 35.3 Å². The number of hydrogen-bond acceptors (Lipinski definition) is 5. The standard InChI is InChI=1S/C22H20Cl2N4O4/c1-31-11-17-20(12-3-6-14(32-2)7-4-12)21-26-22(30)18(28(21)27-17)10-19(29)25-16-9-13(23)5-8-15(16)24/h3-9,18H,10-11H2,1-2H3,(H,25,29)(H,26,30). The summed E-state index contributed by atoms with van der Waals surface area (Å²) in [6, 6.07) is 11.4. The third-order valence-corrected chi connectivity index (χ3v) is 5.63. The smallest absolute Gasteiger partial charge is 0.251 e. The molecule has 2 heterocycles. The third kappa shape index (κ3) is 4.29. The Kier molecular flexibility index (Phi) is 6.36. The molecule has 1 atom stereocenters. The van der Waals surface area contributed by atoms with Gasteiger partial charge in [-0.15, -0.1) is 0 Å². The van der Waals surface area contributed by atoms with Crippen LogP contribution in [0.1, 0.15) is 18.2 Å². The molecular formula is C22H20Cl2N4O4. The molecule has 32 heavy (non-hydrogen) atoms. The lowest BCUT2D eigenvalue weighted by molar-refractivity contribution is -0.123. The number of fused-ring (bicyclic) bond motifs is 1. The maximum absolute atomic E-state index is 12.7. The van der Waals surface area contributed by atoms with Gasteiger partial charge in [-0.3, -0.25) is 9.59 Å². The number of aromatic nitrogens is 2. The average Bonchev–Trinajstić information content (AvgIpc) is 3.26. The molecule has 0 fully saturated rings. The van der Waals surface area contributed by atoms with Crippen LogP contribution in [0.25, 0.3) is 11.1 Å². The number of hydrogen-bond donors (Lipinski definition) is 2. The molecule has 1 aliphatic rings. The summed E-state index contributed by atoms with van der Waals surface area (Å²) in [6.07, 6.45) is -0.127. The first-order chi connectivity index (χ1) is 15.4. The quantitative estimate of drug-likeness (QED) is 0.524. The van der Waals surface area contributed by atoms with Gasteiger partial charge in [0, 0.05) is 17.7 Å². The van der Waals surface area contributed by atoms with Gasteiger partial charge in [0.2, 0.25) is 5.91 Å². The number of rotatable bonds is 7. The molecule has 8 nitrogen and oxygen atoms in total. The average molecular weight is 475 g/mol. The number of nitrogens with zero attached hydrogens (tertiary/aromatic N) is 2. The maximum Gasteiger partial charge on any atom is 0.251 e. The van der Waals surface area contributed by atoms with Crippen molar-refractivity contribution in [2.45, 2.75) is 19.1 Å². The number of ether oxygens (including phenoxy) is 2. The maximum atomic E-state index is 12.7. The molecule has 4 rings (SSSR count). The Morgan fingerprint density at radius 3 is 2.62 bits per heavy atom. The lowest BCUT2D eigenvalue weighted by atomic mass is 10.1. The predicted octanol–water partition coefficient (Wildman–Crippen LogP) is 4.53. The van der Waals surface area contributed by atoms with E-state index in [1.807, 2.05) is 24.3 Å². The fourth-order valence-electron chi connectivity index (χ4n) is 3.59. The minimum Gasteiger partial charge on any atom is -0.497 e. The Balaban J connectivity index is 1.62. The number of anilines is 2. The Labute approximate surface area is 194 Å². The summed E-state index contributed by atoms with van der Waals surface area (Å²) in [4.78, 5) is 25.4. The lowest BCUT2D eigenvalue weighted by Gasteiger charge is -2.11. The number of nitrogens with one attached hydrogen (secondary N) is 2. The summed E-state index contributed by atoms with van der Waals surface area (Å²) in [5.41, 5.74) is 2.61. The van der Waals surface area contributed by atoms with Gasteiger partial charge < -0.3 is 20.1 Å². The normalized spacial score (nSPS) is 14.8. The summed E-state index contributed by atoms with van der Waals surface area (Å²) >= 11 is 12.1. The number of carbonyl (C=O) groups is 2. The van der Waals surface area contributed by atoms with Crippen LogP contribution in [0.5, 0.6) is 5.75 Å². The van der Waals surface area contributed by atoms with E-state index >= 15 is 0 Å². The van der Waals surface area contributed by atoms with Crippen LogP contribution in [0.4, 0.5) is 11.5 Å². The topological polar surface area (TPSA) is 94.5 Å². The molecule has 0 saturated heterocycles. The minimum absolute atomic E-state index is 0.127. The molecule has 2 aromatic carbocycles. The zero-order valence-corrected chi connectivity index (χ0v) is 18.8. The molecule has 1 aliphatic heterocycles. The zero-order valence-electron chi connectivity index (χ0n) is 17.3. The first kappa shape index (κ1) is 22.1. The second kappa shape index (κ2) is 9.20. The van der Waals surface area contributed by atoms with Gasteiger partial charge in [0.15, 0.2) is 0 Å². The Morgan fingerprint density at radius 2 is 1.94 bits per heavy atom. The van der Waals surface area contributed by atoms with Crippen molar-refractivity contribution in [3.8, 4) is 16.9 Å². The van der Waals surface area contributed by atoms with Gasteiger partial charge in [0.1, 0.15) is 17.6 Å². The number of benzene rings is 2. The van der Waals surface area contributed by atoms with Crippen LogP contribution in [0.3, 0.4) is 0 Å². The van der Waals surface area contributed by atoms with Crippen LogP contribution in [-0.2, 0) is 20.9 Å². The molecular weight excluding hydrogens is 455 g/mol. The molecule has 0 saturated carbocycles. The van der Waals surface area contributed by atoms with Gasteiger partial charge >= 0.3 is 0 Å². The van der Waals surface area contributed by atoms with E-state index < -0.39 is 11.9 Å². The van der Waals surface area contributed by atoms with E-state index in [9.17, 15) is 9.59 Å². The van der Waals surface area contributed by atoms with Crippen molar-refractivity contribution >= 4 is 46.5 Å². The van der Waals surface area contributed by atoms with Crippen LogP contribution in [0.2, 0.25) is 10.0 Å². The molecule has 1 aromatic heterocycles. The largest absolute Gasteiger partial charge is 0.497 e. The van der Waals surface area contributed by atoms with Crippen LogP contribution in [-0.4, -0.2) is 35.8 Å². The summed E-state index contributed by atoms with van der Waals surface area (Å²) in [6.45, 7) is 0.244.